The van der Waals surface area contributed by atoms with Gasteiger partial charge in [0, 0.05) is 17.1 Å². The molecule has 0 heterocycles. The van der Waals surface area contributed by atoms with Crippen LogP contribution in [0, 0.1) is 18.3 Å². The number of aryl methyl sites for hydroxylation is 1. The molecule has 18 heavy (non-hydrogen) atoms. The van der Waals surface area contributed by atoms with Crippen molar-refractivity contribution in [3.63, 3.8) is 0 Å². The van der Waals surface area contributed by atoms with E-state index in [4.69, 9.17) is 11.0 Å². The topological polar surface area (TPSA) is 61.8 Å². The average Bonchev–Trinajstić information content (AvgIpc) is 2.37. The molecular formula is C15H15N3. The molecule has 0 spiro atoms. The van der Waals surface area contributed by atoms with Crippen LogP contribution in [0.15, 0.2) is 42.5 Å². The van der Waals surface area contributed by atoms with Crippen molar-refractivity contribution in [1.82, 2.24) is 0 Å². The molecule has 0 saturated heterocycles. The third-order valence-electron chi connectivity index (χ3n) is 2.81. The molecule has 0 radical (unpaired) electrons. The van der Waals surface area contributed by atoms with Crippen LogP contribution in [0.1, 0.15) is 11.1 Å². The summed E-state index contributed by atoms with van der Waals surface area (Å²) in [6, 6.07) is 15.8. The lowest BCUT2D eigenvalue weighted by Crippen LogP contribution is -1.94. The molecule has 0 aliphatic heterocycles. The summed E-state index contributed by atoms with van der Waals surface area (Å²) in [5.74, 6) is 0. The maximum atomic E-state index is 8.60. The summed E-state index contributed by atoms with van der Waals surface area (Å²) in [7, 11) is 0. The fourth-order valence-corrected chi connectivity index (χ4v) is 1.68. The molecule has 0 fully saturated rings. The van der Waals surface area contributed by atoms with Gasteiger partial charge in [0.1, 0.15) is 0 Å². The molecule has 3 nitrogen and oxygen atoms in total. The van der Waals surface area contributed by atoms with Crippen LogP contribution in [-0.2, 0) is 6.42 Å². The Balaban J connectivity index is 2.13. The van der Waals surface area contributed by atoms with E-state index in [9.17, 15) is 0 Å². The van der Waals surface area contributed by atoms with Crippen molar-refractivity contribution in [2.24, 2.45) is 0 Å². The summed E-state index contributed by atoms with van der Waals surface area (Å²) in [5.41, 5.74) is 10.7. The molecular weight excluding hydrogens is 222 g/mol. The van der Waals surface area contributed by atoms with Gasteiger partial charge in [0.2, 0.25) is 0 Å². The monoisotopic (exact) mass is 237 g/mol. The van der Waals surface area contributed by atoms with E-state index in [2.05, 4.69) is 11.4 Å². The SMILES string of the molecule is Cc1ccc(Nc2ccc(CC#N)cc2)cc1N. The van der Waals surface area contributed by atoms with Crippen molar-refractivity contribution in [1.29, 1.82) is 5.26 Å². The number of nitrogens with zero attached hydrogens (tertiary/aromatic N) is 1. The van der Waals surface area contributed by atoms with E-state index in [1.54, 1.807) is 0 Å². The van der Waals surface area contributed by atoms with Gasteiger partial charge in [-0.2, -0.15) is 5.26 Å². The van der Waals surface area contributed by atoms with Crippen LogP contribution in [0.2, 0.25) is 0 Å². The minimum atomic E-state index is 0.442. The van der Waals surface area contributed by atoms with Crippen molar-refractivity contribution in [2.45, 2.75) is 13.3 Å². The smallest absolute Gasteiger partial charge is 0.0669 e. The van der Waals surface area contributed by atoms with Gasteiger partial charge in [-0.3, -0.25) is 0 Å². The number of nitrogen functional groups attached to an aromatic ring is 1. The summed E-state index contributed by atoms with van der Waals surface area (Å²) in [4.78, 5) is 0. The molecule has 0 atom stereocenters. The van der Waals surface area contributed by atoms with E-state index in [1.807, 2.05) is 49.4 Å². The lowest BCUT2D eigenvalue weighted by molar-refractivity contribution is 1.26. The minimum Gasteiger partial charge on any atom is -0.398 e. The van der Waals surface area contributed by atoms with Gasteiger partial charge in [0.15, 0.2) is 0 Å². The van der Waals surface area contributed by atoms with E-state index in [0.29, 0.717) is 6.42 Å². The number of nitriles is 1. The van der Waals surface area contributed by atoms with Crippen LogP contribution in [0.4, 0.5) is 17.1 Å². The van der Waals surface area contributed by atoms with Crippen LogP contribution in [0.5, 0.6) is 0 Å². The number of benzene rings is 2. The molecule has 0 aromatic heterocycles. The first kappa shape index (κ1) is 12.0. The highest BCUT2D eigenvalue weighted by Crippen LogP contribution is 2.21. The van der Waals surface area contributed by atoms with Crippen LogP contribution in [0.25, 0.3) is 0 Å². The van der Waals surface area contributed by atoms with Gasteiger partial charge >= 0.3 is 0 Å². The summed E-state index contributed by atoms with van der Waals surface area (Å²) in [5, 5.41) is 11.9. The van der Waals surface area contributed by atoms with E-state index in [-0.39, 0.29) is 0 Å². The average molecular weight is 237 g/mol. The fourth-order valence-electron chi connectivity index (χ4n) is 1.68. The largest absolute Gasteiger partial charge is 0.398 e. The Morgan fingerprint density at radius 3 is 2.39 bits per heavy atom. The Bertz CT molecular complexity index is 580. The first-order valence-electron chi connectivity index (χ1n) is 5.78. The number of nitrogens with two attached hydrogens (primary N) is 1. The predicted molar refractivity (Wildman–Crippen MR) is 74.6 cm³/mol. The highest BCUT2D eigenvalue weighted by Gasteiger charge is 1.98. The summed E-state index contributed by atoms with van der Waals surface area (Å²) >= 11 is 0. The molecule has 0 unspecified atom stereocenters. The molecule has 0 bridgehead atoms. The summed E-state index contributed by atoms with van der Waals surface area (Å²) in [6.45, 7) is 1.98. The van der Waals surface area contributed by atoms with E-state index in [1.165, 1.54) is 0 Å². The van der Waals surface area contributed by atoms with Crippen molar-refractivity contribution in [3.05, 3.63) is 53.6 Å². The third kappa shape index (κ3) is 2.80. The normalized spacial score (nSPS) is 9.78. The number of nitrogens with one attached hydrogen (secondary N) is 1. The zero-order valence-electron chi connectivity index (χ0n) is 10.3. The maximum Gasteiger partial charge on any atom is 0.0669 e. The second-order valence-electron chi connectivity index (χ2n) is 4.23. The van der Waals surface area contributed by atoms with Crippen molar-refractivity contribution >= 4 is 17.1 Å². The molecule has 0 aliphatic rings. The van der Waals surface area contributed by atoms with Gasteiger partial charge < -0.3 is 11.1 Å². The van der Waals surface area contributed by atoms with Gasteiger partial charge in [-0.15, -0.1) is 0 Å². The van der Waals surface area contributed by atoms with E-state index >= 15 is 0 Å². The predicted octanol–water partition coefficient (Wildman–Crippen LogP) is 3.39. The van der Waals surface area contributed by atoms with Crippen molar-refractivity contribution in [3.8, 4) is 6.07 Å². The standard InChI is InChI=1S/C15H15N3/c1-11-2-5-14(10-15(11)17)18-13-6-3-12(4-7-13)8-9-16/h2-7,10,18H,8,17H2,1H3. The number of rotatable bonds is 3. The van der Waals surface area contributed by atoms with Crippen LogP contribution >= 0.6 is 0 Å². The minimum absolute atomic E-state index is 0.442. The zero-order valence-corrected chi connectivity index (χ0v) is 10.3. The quantitative estimate of drug-likeness (QED) is 0.804. The Morgan fingerprint density at radius 1 is 1.11 bits per heavy atom. The molecule has 2 aromatic carbocycles. The number of hydrogen-bond donors (Lipinski definition) is 2. The Hall–Kier alpha value is -2.47. The highest BCUT2D eigenvalue weighted by molar-refractivity contribution is 5.65. The molecule has 0 saturated carbocycles. The van der Waals surface area contributed by atoms with Crippen LogP contribution in [0.3, 0.4) is 0 Å². The number of anilines is 3. The molecule has 3 N–H and O–H groups in total. The molecule has 90 valence electrons. The van der Waals surface area contributed by atoms with E-state index in [0.717, 1.165) is 28.2 Å². The molecule has 0 aliphatic carbocycles. The van der Waals surface area contributed by atoms with Gasteiger partial charge in [-0.05, 0) is 42.3 Å². The third-order valence-corrected chi connectivity index (χ3v) is 2.81. The van der Waals surface area contributed by atoms with Crippen molar-refractivity contribution in [2.75, 3.05) is 11.1 Å². The molecule has 0 amide bonds. The van der Waals surface area contributed by atoms with Crippen LogP contribution in [-0.4, -0.2) is 0 Å². The zero-order chi connectivity index (χ0) is 13.0. The molecule has 2 rings (SSSR count). The maximum absolute atomic E-state index is 8.60. The van der Waals surface area contributed by atoms with Gasteiger partial charge in [-0.1, -0.05) is 18.2 Å². The second-order valence-corrected chi connectivity index (χ2v) is 4.23. The van der Waals surface area contributed by atoms with Gasteiger partial charge in [0.05, 0.1) is 12.5 Å². The van der Waals surface area contributed by atoms with Gasteiger partial charge in [-0.25, -0.2) is 0 Å². The summed E-state index contributed by atoms with van der Waals surface area (Å²) < 4.78 is 0. The lowest BCUT2D eigenvalue weighted by Gasteiger charge is -2.09. The van der Waals surface area contributed by atoms with Crippen LogP contribution < -0.4 is 11.1 Å². The second kappa shape index (κ2) is 5.24. The lowest BCUT2D eigenvalue weighted by atomic mass is 10.1. The Morgan fingerprint density at radius 2 is 1.78 bits per heavy atom. The van der Waals surface area contributed by atoms with Crippen molar-refractivity contribution < 1.29 is 0 Å². The van der Waals surface area contributed by atoms with E-state index < -0.39 is 0 Å². The molecule has 2 aromatic rings. The Kier molecular flexibility index (Phi) is 3.49. The Labute approximate surface area is 107 Å². The number of hydrogen-bond acceptors (Lipinski definition) is 3. The first-order chi connectivity index (χ1) is 8.69. The van der Waals surface area contributed by atoms with Gasteiger partial charge in [0.25, 0.3) is 0 Å². The fraction of sp³-hybridized carbons (Fsp3) is 0.133. The highest BCUT2D eigenvalue weighted by atomic mass is 14.9. The molecule has 3 heteroatoms. The first-order valence-corrected chi connectivity index (χ1v) is 5.78. The summed E-state index contributed by atoms with van der Waals surface area (Å²) in [6.07, 6.45) is 0.442.